The van der Waals surface area contributed by atoms with E-state index in [0.717, 1.165) is 38.0 Å². The molecule has 0 saturated carbocycles. The summed E-state index contributed by atoms with van der Waals surface area (Å²) in [6.45, 7) is 2.79. The Morgan fingerprint density at radius 3 is 2.67 bits per heavy atom. The Morgan fingerprint density at radius 1 is 1.39 bits per heavy atom. The lowest BCUT2D eigenvalue weighted by Gasteiger charge is -2.29. The second-order valence-electron chi connectivity index (χ2n) is 5.17. The van der Waals surface area contributed by atoms with Gasteiger partial charge in [-0.25, -0.2) is 0 Å². The summed E-state index contributed by atoms with van der Waals surface area (Å²) in [6, 6.07) is 8.00. The molecule has 1 heterocycles. The molecule has 1 N–H and O–H groups in total. The molecule has 0 amide bonds. The summed E-state index contributed by atoms with van der Waals surface area (Å²) in [5, 5.41) is 10.2. The number of hydrogen-bond donors (Lipinski definition) is 1. The largest absolute Gasteiger partial charge is 0.497 e. The molecule has 1 aliphatic heterocycles. The fourth-order valence-electron chi connectivity index (χ4n) is 2.46. The van der Waals surface area contributed by atoms with Gasteiger partial charge in [0.1, 0.15) is 5.75 Å². The first-order valence-electron chi connectivity index (χ1n) is 6.59. The van der Waals surface area contributed by atoms with Crippen LogP contribution in [0.2, 0.25) is 0 Å². The van der Waals surface area contributed by atoms with Crippen molar-refractivity contribution in [3.05, 3.63) is 29.8 Å². The Bertz CT molecular complexity index is 366. The first kappa shape index (κ1) is 13.4. The molecule has 1 aliphatic rings. The number of ether oxygens (including phenoxy) is 2. The van der Waals surface area contributed by atoms with E-state index in [9.17, 15) is 5.11 Å². The number of hydrogen-bond acceptors (Lipinski definition) is 3. The van der Waals surface area contributed by atoms with Crippen LogP contribution in [-0.2, 0) is 11.2 Å². The zero-order valence-electron chi connectivity index (χ0n) is 11.2. The summed E-state index contributed by atoms with van der Waals surface area (Å²) in [6.07, 6.45) is 3.22. The van der Waals surface area contributed by atoms with Crippen molar-refractivity contribution in [3.8, 4) is 5.75 Å². The van der Waals surface area contributed by atoms with Crippen LogP contribution >= 0.6 is 0 Å². The Labute approximate surface area is 109 Å². The van der Waals surface area contributed by atoms with Crippen molar-refractivity contribution in [2.24, 2.45) is 0 Å². The lowest BCUT2D eigenvalue weighted by atomic mass is 9.91. The second kappa shape index (κ2) is 5.72. The van der Waals surface area contributed by atoms with Gasteiger partial charge < -0.3 is 14.6 Å². The van der Waals surface area contributed by atoms with Gasteiger partial charge in [0.25, 0.3) is 0 Å². The van der Waals surface area contributed by atoms with Crippen molar-refractivity contribution in [2.45, 2.75) is 44.3 Å². The fraction of sp³-hybridized carbons (Fsp3) is 0.600. The van der Waals surface area contributed by atoms with E-state index in [4.69, 9.17) is 9.47 Å². The number of aliphatic hydroxyl groups excluding tert-OH is 1. The lowest BCUT2D eigenvalue weighted by Crippen LogP contribution is -2.38. The van der Waals surface area contributed by atoms with Gasteiger partial charge in [-0.15, -0.1) is 0 Å². The number of rotatable bonds is 5. The van der Waals surface area contributed by atoms with Gasteiger partial charge in [0.05, 0.1) is 18.8 Å². The highest BCUT2D eigenvalue weighted by atomic mass is 16.5. The molecule has 0 aliphatic carbocycles. The van der Waals surface area contributed by atoms with Crippen molar-refractivity contribution in [1.82, 2.24) is 0 Å². The van der Waals surface area contributed by atoms with E-state index in [2.05, 4.69) is 0 Å². The Balaban J connectivity index is 1.86. The summed E-state index contributed by atoms with van der Waals surface area (Å²) in [4.78, 5) is 0. The monoisotopic (exact) mass is 250 g/mol. The summed E-state index contributed by atoms with van der Waals surface area (Å²) in [5.74, 6) is 0.866. The quantitative estimate of drug-likeness (QED) is 0.873. The van der Waals surface area contributed by atoms with E-state index < -0.39 is 0 Å². The van der Waals surface area contributed by atoms with Crippen LogP contribution in [0.25, 0.3) is 0 Å². The first-order valence-corrected chi connectivity index (χ1v) is 6.59. The normalized spacial score (nSPS) is 25.1. The maximum Gasteiger partial charge on any atom is 0.118 e. The summed E-state index contributed by atoms with van der Waals surface area (Å²) in [7, 11) is 1.66. The van der Waals surface area contributed by atoms with Crippen LogP contribution in [0.4, 0.5) is 0 Å². The summed E-state index contributed by atoms with van der Waals surface area (Å²) >= 11 is 0. The molecule has 1 saturated heterocycles. The molecule has 0 spiro atoms. The standard InChI is InChI=1S/C15H22O3/c1-15(10-3-11-18-15)14(16)9-6-12-4-7-13(17-2)8-5-12/h4-5,7-8,14,16H,3,6,9-11H2,1-2H3. The van der Waals surface area contributed by atoms with Gasteiger partial charge >= 0.3 is 0 Å². The van der Waals surface area contributed by atoms with E-state index in [-0.39, 0.29) is 11.7 Å². The topological polar surface area (TPSA) is 38.7 Å². The predicted molar refractivity (Wildman–Crippen MR) is 70.9 cm³/mol. The van der Waals surface area contributed by atoms with Crippen molar-refractivity contribution >= 4 is 0 Å². The van der Waals surface area contributed by atoms with Gasteiger partial charge in [-0.05, 0) is 50.3 Å². The molecule has 2 atom stereocenters. The number of aliphatic hydroxyl groups is 1. The SMILES string of the molecule is COc1ccc(CCC(O)C2(C)CCCO2)cc1. The minimum absolute atomic E-state index is 0.341. The highest BCUT2D eigenvalue weighted by molar-refractivity contribution is 5.27. The van der Waals surface area contributed by atoms with Crippen LogP contribution < -0.4 is 4.74 Å². The van der Waals surface area contributed by atoms with Gasteiger partial charge in [0, 0.05) is 6.61 Å². The van der Waals surface area contributed by atoms with E-state index in [1.807, 2.05) is 31.2 Å². The van der Waals surface area contributed by atoms with Gasteiger partial charge in [-0.3, -0.25) is 0 Å². The average Bonchev–Trinajstić information content (AvgIpc) is 2.85. The first-order chi connectivity index (χ1) is 8.64. The molecule has 1 aromatic carbocycles. The summed E-state index contributed by atoms with van der Waals surface area (Å²) in [5.41, 5.74) is 0.878. The molecular formula is C15H22O3. The Morgan fingerprint density at radius 2 is 2.11 bits per heavy atom. The molecule has 0 bridgehead atoms. The van der Waals surface area contributed by atoms with Crippen LogP contribution in [0.5, 0.6) is 5.75 Å². The molecule has 18 heavy (non-hydrogen) atoms. The molecule has 100 valence electrons. The smallest absolute Gasteiger partial charge is 0.118 e. The van der Waals surface area contributed by atoms with Crippen molar-refractivity contribution in [3.63, 3.8) is 0 Å². The lowest BCUT2D eigenvalue weighted by molar-refractivity contribution is -0.0800. The molecule has 2 rings (SSSR count). The van der Waals surface area contributed by atoms with Crippen LogP contribution in [0.15, 0.2) is 24.3 Å². The Kier molecular flexibility index (Phi) is 4.25. The second-order valence-corrected chi connectivity index (χ2v) is 5.17. The fourth-order valence-corrected chi connectivity index (χ4v) is 2.46. The third-order valence-corrected chi connectivity index (χ3v) is 3.82. The predicted octanol–water partition coefficient (Wildman–Crippen LogP) is 2.56. The van der Waals surface area contributed by atoms with E-state index >= 15 is 0 Å². The van der Waals surface area contributed by atoms with Gasteiger partial charge in [0.15, 0.2) is 0 Å². The molecule has 1 aromatic rings. The zero-order chi connectivity index (χ0) is 13.0. The number of methoxy groups -OCH3 is 1. The highest BCUT2D eigenvalue weighted by Crippen LogP contribution is 2.30. The van der Waals surface area contributed by atoms with Crippen LogP contribution in [0.1, 0.15) is 31.7 Å². The average molecular weight is 250 g/mol. The highest BCUT2D eigenvalue weighted by Gasteiger charge is 2.36. The van der Waals surface area contributed by atoms with Gasteiger partial charge in [-0.1, -0.05) is 12.1 Å². The molecule has 3 heteroatoms. The molecule has 3 nitrogen and oxygen atoms in total. The molecular weight excluding hydrogens is 228 g/mol. The molecule has 1 fully saturated rings. The number of benzene rings is 1. The third kappa shape index (κ3) is 3.03. The van der Waals surface area contributed by atoms with E-state index in [1.165, 1.54) is 5.56 Å². The Hall–Kier alpha value is -1.06. The van der Waals surface area contributed by atoms with Crippen molar-refractivity contribution < 1.29 is 14.6 Å². The maximum absolute atomic E-state index is 10.2. The van der Waals surface area contributed by atoms with Crippen LogP contribution in [0.3, 0.4) is 0 Å². The third-order valence-electron chi connectivity index (χ3n) is 3.82. The van der Waals surface area contributed by atoms with Crippen LogP contribution in [0, 0.1) is 0 Å². The van der Waals surface area contributed by atoms with Crippen molar-refractivity contribution in [2.75, 3.05) is 13.7 Å². The van der Waals surface area contributed by atoms with E-state index in [1.54, 1.807) is 7.11 Å². The van der Waals surface area contributed by atoms with Gasteiger partial charge in [-0.2, -0.15) is 0 Å². The number of aryl methyl sites for hydroxylation is 1. The summed E-state index contributed by atoms with van der Waals surface area (Å²) < 4.78 is 10.8. The minimum Gasteiger partial charge on any atom is -0.497 e. The minimum atomic E-state index is -0.387. The van der Waals surface area contributed by atoms with Crippen molar-refractivity contribution in [1.29, 1.82) is 0 Å². The zero-order valence-corrected chi connectivity index (χ0v) is 11.2. The molecule has 0 radical (unpaired) electrons. The van der Waals surface area contributed by atoms with Crippen LogP contribution in [-0.4, -0.2) is 30.5 Å². The maximum atomic E-state index is 10.2. The van der Waals surface area contributed by atoms with E-state index in [0.29, 0.717) is 0 Å². The van der Waals surface area contributed by atoms with Gasteiger partial charge in [0.2, 0.25) is 0 Å². The molecule has 2 unspecified atom stereocenters. The molecule has 0 aromatic heterocycles.